The van der Waals surface area contributed by atoms with E-state index in [9.17, 15) is 24.0 Å². The number of amides is 4. The number of ether oxygens (including phenoxy) is 2. The number of esters is 1. The molecule has 1 aromatic carbocycles. The molecule has 7 heterocycles. The summed E-state index contributed by atoms with van der Waals surface area (Å²) in [5.74, 6) is 3.84. The number of aromatic nitrogens is 3. The van der Waals surface area contributed by atoms with Gasteiger partial charge >= 0.3 is 5.97 Å². The molecular formula is C54H73N9O7SSi. The fraction of sp³-hybridized carbons (Fsp3) is 0.574. The smallest absolute Gasteiger partial charge is 0.324 e. The highest BCUT2D eigenvalue weighted by Gasteiger charge is 2.46. The number of thiazole rings is 1. The minimum atomic E-state index is -1.10. The predicted octanol–water partition coefficient (Wildman–Crippen LogP) is 4.93. The molecule has 3 aromatic heterocycles. The van der Waals surface area contributed by atoms with Crippen LogP contribution in [0.4, 0.5) is 0 Å². The molecule has 3 saturated heterocycles. The Morgan fingerprint density at radius 1 is 1.11 bits per heavy atom. The van der Waals surface area contributed by atoms with E-state index < -0.39 is 51.9 Å². The lowest BCUT2D eigenvalue weighted by molar-refractivity contribution is -0.155. The van der Waals surface area contributed by atoms with Gasteiger partial charge in [0.05, 0.1) is 40.4 Å². The van der Waals surface area contributed by atoms with Gasteiger partial charge in [-0.1, -0.05) is 33.6 Å². The zero-order valence-corrected chi connectivity index (χ0v) is 46.8. The lowest BCUT2D eigenvalue weighted by Crippen LogP contribution is -2.62. The van der Waals surface area contributed by atoms with Gasteiger partial charge in [0.25, 0.3) is 11.8 Å². The maximum atomic E-state index is 14.8. The van der Waals surface area contributed by atoms with Crippen molar-refractivity contribution in [3.05, 3.63) is 58.9 Å². The van der Waals surface area contributed by atoms with Gasteiger partial charge in [-0.25, -0.2) is 10.4 Å². The van der Waals surface area contributed by atoms with Crippen molar-refractivity contribution in [2.24, 2.45) is 11.3 Å². The Hall–Kier alpha value is -5.45. The highest BCUT2D eigenvalue weighted by Crippen LogP contribution is 2.43. The first-order chi connectivity index (χ1) is 34.1. The second-order valence-electron chi connectivity index (χ2n) is 22.1. The topological polar surface area (TPSA) is 172 Å². The van der Waals surface area contributed by atoms with Crippen LogP contribution in [-0.2, 0) is 52.8 Å². The number of nitrogens with zero attached hydrogens (tertiary/aromatic N) is 7. The van der Waals surface area contributed by atoms with Gasteiger partial charge in [0.2, 0.25) is 11.8 Å². The van der Waals surface area contributed by atoms with E-state index in [0.29, 0.717) is 61.3 Å². The van der Waals surface area contributed by atoms with Gasteiger partial charge in [0.15, 0.2) is 0 Å². The van der Waals surface area contributed by atoms with E-state index in [4.69, 9.17) is 19.4 Å². The van der Waals surface area contributed by atoms with Crippen molar-refractivity contribution in [1.82, 2.24) is 45.0 Å². The molecule has 6 bridgehead atoms. The summed E-state index contributed by atoms with van der Waals surface area (Å²) in [5, 5.41) is 7.42. The quantitative estimate of drug-likeness (QED) is 0.126. The molecule has 0 radical (unpaired) electrons. The van der Waals surface area contributed by atoms with Crippen LogP contribution < -0.4 is 10.7 Å². The number of hydrogen-bond acceptors (Lipinski definition) is 12. The minimum Gasteiger partial charge on any atom is -0.464 e. The number of rotatable bonds is 10. The first kappa shape index (κ1) is 52.9. The maximum absolute atomic E-state index is 14.8. The maximum Gasteiger partial charge on any atom is 0.324 e. The van der Waals surface area contributed by atoms with Crippen LogP contribution in [0, 0.1) is 23.2 Å². The van der Waals surface area contributed by atoms with Gasteiger partial charge < -0.3 is 29.2 Å². The lowest BCUT2D eigenvalue weighted by Gasteiger charge is -2.41. The third-order valence-corrected chi connectivity index (χ3v) is 17.4. The summed E-state index contributed by atoms with van der Waals surface area (Å²) in [6, 6.07) is 7.62. The predicted molar refractivity (Wildman–Crippen MR) is 283 cm³/mol. The fourth-order valence-electron chi connectivity index (χ4n) is 10.9. The molecule has 2 N–H and O–H groups in total. The summed E-state index contributed by atoms with van der Waals surface area (Å²) in [7, 11) is 3.78. The normalized spacial score (nSPS) is 22.7. The average Bonchev–Trinajstić information content (AvgIpc) is 4.06. The molecule has 4 aliphatic rings. The summed E-state index contributed by atoms with van der Waals surface area (Å²) < 4.78 is 14.3. The fourth-order valence-corrected chi connectivity index (χ4v) is 12.6. The number of carbonyl (C=O) groups excluding carboxylic acids is 5. The Labute approximate surface area is 431 Å². The Morgan fingerprint density at radius 2 is 1.88 bits per heavy atom. The molecular weight excluding hydrogens is 947 g/mol. The molecule has 18 heteroatoms. The molecule has 386 valence electrons. The lowest BCUT2D eigenvalue weighted by atomic mass is 9.84. The van der Waals surface area contributed by atoms with Crippen molar-refractivity contribution < 1.29 is 33.4 Å². The Morgan fingerprint density at radius 3 is 2.57 bits per heavy atom. The van der Waals surface area contributed by atoms with Crippen molar-refractivity contribution in [3.8, 4) is 33.7 Å². The molecule has 5 atom stereocenters. The van der Waals surface area contributed by atoms with E-state index in [0.717, 1.165) is 63.5 Å². The molecule has 0 aliphatic carbocycles. The Kier molecular flexibility index (Phi) is 15.5. The van der Waals surface area contributed by atoms with Crippen LogP contribution in [0.2, 0.25) is 5.04 Å². The number of hydrazine groups is 1. The molecule has 0 spiro atoms. The monoisotopic (exact) mass is 1020 g/mol. The van der Waals surface area contributed by atoms with Gasteiger partial charge in [-0.15, -0.1) is 11.3 Å². The number of benzene rings is 1. The van der Waals surface area contributed by atoms with Crippen molar-refractivity contribution >= 4 is 62.1 Å². The number of likely N-dealkylation sites (tertiary alicyclic amines) is 2. The van der Waals surface area contributed by atoms with Crippen LogP contribution in [0.1, 0.15) is 104 Å². The highest BCUT2D eigenvalue weighted by atomic mass is 32.1. The highest BCUT2D eigenvalue weighted by molar-refractivity contribution is 7.13. The van der Waals surface area contributed by atoms with Crippen LogP contribution in [-0.4, -0.2) is 151 Å². The van der Waals surface area contributed by atoms with Crippen LogP contribution in [0.3, 0.4) is 0 Å². The summed E-state index contributed by atoms with van der Waals surface area (Å²) in [6.07, 6.45) is 4.77. The molecule has 72 heavy (non-hydrogen) atoms. The summed E-state index contributed by atoms with van der Waals surface area (Å²) >= 11 is 1.47. The zero-order chi connectivity index (χ0) is 51.9. The number of hydrogen-bond donors (Lipinski definition) is 2. The molecule has 4 aromatic rings. The van der Waals surface area contributed by atoms with E-state index >= 15 is 0 Å². The molecule has 16 nitrogen and oxygen atoms in total. The SMILES string of the molecule is CCn1c(-c2cccnc2[C@H](C)OC)c2c3cc(ccc31)-c1nc(cs1)C[C@H](NC(=O)[C@H](C(C)C)N(C)C(=O)C1([SiH3])CCN(C(=O)C#CC(C)(C)N3CCC3)C1)C(=O)N1CCC[C@H](N1)C(=O)OCC(C)(C)C2. The third-order valence-electron chi connectivity index (χ3n) is 15.2. The number of likely N-dealkylation sites (N-methyl/N-ethyl adjacent to an activating group) is 1. The summed E-state index contributed by atoms with van der Waals surface area (Å²) in [6.45, 7) is 19.8. The van der Waals surface area contributed by atoms with E-state index in [1.54, 1.807) is 25.3 Å². The number of methoxy groups -OCH3 is 1. The van der Waals surface area contributed by atoms with Crippen LogP contribution in [0.5, 0.6) is 0 Å². The van der Waals surface area contributed by atoms with Crippen LogP contribution >= 0.6 is 11.3 Å². The van der Waals surface area contributed by atoms with Gasteiger partial charge in [0.1, 0.15) is 23.1 Å². The number of pyridine rings is 1. The van der Waals surface area contributed by atoms with Crippen LogP contribution in [0.15, 0.2) is 41.9 Å². The molecule has 4 aliphatic heterocycles. The Bertz CT molecular complexity index is 2790. The largest absolute Gasteiger partial charge is 0.464 e. The average molecular weight is 1020 g/mol. The Balaban J connectivity index is 1.10. The van der Waals surface area contributed by atoms with Crippen molar-refractivity contribution in [3.63, 3.8) is 0 Å². The number of fused-ring (bicyclic) bond motifs is 6. The van der Waals surface area contributed by atoms with E-state index in [2.05, 4.69) is 77.1 Å². The van der Waals surface area contributed by atoms with Gasteiger partial charge in [-0.2, -0.15) is 0 Å². The number of nitrogens with one attached hydrogen (secondary N) is 2. The number of cyclic esters (lactones) is 1. The molecule has 3 fully saturated rings. The van der Waals surface area contributed by atoms with Crippen molar-refractivity contribution in [1.29, 1.82) is 0 Å². The van der Waals surface area contributed by atoms with E-state index in [1.807, 2.05) is 46.1 Å². The molecule has 1 unspecified atom stereocenters. The number of aryl methyl sites for hydroxylation is 1. The minimum absolute atomic E-state index is 0.0632. The van der Waals surface area contributed by atoms with Crippen molar-refractivity contribution in [2.45, 2.75) is 135 Å². The second kappa shape index (κ2) is 21.2. The standard InChI is InChI=1S/C54H73N9O7SSi/c1-11-62-42-18-17-35-27-38(42)39(46(62)37-15-12-22-55-44(37)34(4)69-10)29-52(5,6)32-70-50(67)40-16-13-25-63(58-40)49(66)41(28-36-30-71-48(35)56-36)57-47(65)45(33(2)3)59(9)51(68)54(72)21-26-60(31-54)43(64)19-20-53(7,8)61-23-14-24-61/h12,15,17-18,22,27,30,33-34,40-41,45,58H,11,13-14,16,21,23-26,28-29,31-32H2,1-10,72H3,(H,57,65)/t34-,40-,41-,45-,54?/m0/s1. The third kappa shape index (κ3) is 10.8. The summed E-state index contributed by atoms with van der Waals surface area (Å²) in [5.41, 5.74) is 8.75. The zero-order valence-electron chi connectivity index (χ0n) is 44.0. The van der Waals surface area contributed by atoms with Gasteiger partial charge in [-0.3, -0.25) is 38.9 Å². The molecule has 8 rings (SSSR count). The van der Waals surface area contributed by atoms with E-state index in [-0.39, 0.29) is 43.4 Å². The second-order valence-corrected chi connectivity index (χ2v) is 24.9. The first-order valence-electron chi connectivity index (χ1n) is 25.6. The first-order valence-corrected chi connectivity index (χ1v) is 27.5. The van der Waals surface area contributed by atoms with Gasteiger partial charge in [-0.05, 0) is 108 Å². The van der Waals surface area contributed by atoms with Crippen LogP contribution in [0.25, 0.3) is 32.7 Å². The van der Waals surface area contributed by atoms with Gasteiger partial charge in [0, 0.05) is 109 Å². The number of carbonyl (C=O) groups is 5. The molecule has 4 amide bonds. The van der Waals surface area contributed by atoms with Crippen molar-refractivity contribution in [2.75, 3.05) is 53.5 Å². The summed E-state index contributed by atoms with van der Waals surface area (Å²) in [4.78, 5) is 86.8. The molecule has 0 saturated carbocycles. The van der Waals surface area contributed by atoms with E-state index in [1.165, 1.54) is 21.2 Å².